The molecule has 20 unspecified atom stereocenters. The molecule has 42 nitrogen and oxygen atoms in total. The zero-order valence-electron chi connectivity index (χ0n) is 52.4. The number of unbranched alkanes of at least 4 members (excludes halogenated alkanes) is 2. The zero-order valence-corrected chi connectivity index (χ0v) is 52.4. The van der Waals surface area contributed by atoms with E-state index in [4.69, 9.17) is 47.4 Å². The van der Waals surface area contributed by atoms with Gasteiger partial charge in [0.25, 0.3) is 0 Å². The van der Waals surface area contributed by atoms with Crippen molar-refractivity contribution in [2.24, 2.45) is 0 Å². The quantitative estimate of drug-likeness (QED) is 0.0481. The fraction of sp³-hybridized carbons (Fsp3) is 0.745. The maximum atomic E-state index is 12.6. The Morgan fingerprint density at radius 2 is 0.835 bits per heavy atom. The van der Waals surface area contributed by atoms with Crippen molar-refractivity contribution in [3.8, 4) is 0 Å². The second kappa shape index (κ2) is 40.6. The Kier molecular flexibility index (Phi) is 34.8. The van der Waals surface area contributed by atoms with Gasteiger partial charge in [-0.3, -0.25) is 9.48 Å². The number of carbonyl (C=O) groups excluding carboxylic acids is 2. The van der Waals surface area contributed by atoms with E-state index in [9.17, 15) is 137 Å². The summed E-state index contributed by atoms with van der Waals surface area (Å²) in [4.78, 5) is 24.3. The smallest absolute Gasteiger partial charge is 0.407 e. The highest BCUT2D eigenvalue weighted by Gasteiger charge is 2.53. The number of carbonyl (C=O) groups is 2. The van der Waals surface area contributed by atoms with Crippen molar-refractivity contribution in [3.63, 3.8) is 0 Å². The molecule has 20 atom stereocenters. The number of aromatic nitrogens is 3. The molecule has 1 aromatic heterocycles. The van der Waals surface area contributed by atoms with Gasteiger partial charge in [0, 0.05) is 78.0 Å². The molecule has 0 aromatic carbocycles. The third kappa shape index (κ3) is 23.9. The predicted molar refractivity (Wildman–Crippen MR) is 312 cm³/mol. The minimum absolute atomic E-state index is 0.0827. The number of nitrogens with zero attached hydrogens (tertiary/aromatic N) is 3. The van der Waals surface area contributed by atoms with E-state index >= 15 is 0 Å². The van der Waals surface area contributed by atoms with Gasteiger partial charge in [0.2, 0.25) is 37.4 Å². The van der Waals surface area contributed by atoms with Crippen LogP contribution in [0, 0.1) is 0 Å². The van der Waals surface area contributed by atoms with Crippen molar-refractivity contribution >= 4 is 12.0 Å². The van der Waals surface area contributed by atoms with Gasteiger partial charge in [0.15, 0.2) is 70.2 Å². The van der Waals surface area contributed by atoms with E-state index in [1.54, 1.807) is 13.8 Å². The monoisotopic (exact) mass is 1410 g/mol. The second-order valence-corrected chi connectivity index (χ2v) is 22.1. The van der Waals surface area contributed by atoms with Crippen LogP contribution in [0.4, 0.5) is 4.79 Å². The van der Waals surface area contributed by atoms with Crippen LogP contribution in [0.1, 0.15) is 77.3 Å². The van der Waals surface area contributed by atoms with Crippen molar-refractivity contribution in [2.75, 3.05) is 46.2 Å². The van der Waals surface area contributed by atoms with Crippen LogP contribution in [0.15, 0.2) is 63.8 Å². The van der Waals surface area contributed by atoms with Gasteiger partial charge in [-0.05, 0) is 26.7 Å². The zero-order chi connectivity index (χ0) is 72.5. The Morgan fingerprint density at radius 1 is 0.464 bits per heavy atom. The minimum atomic E-state index is -2.91. The maximum Gasteiger partial charge on any atom is 0.407 e. The maximum absolute atomic E-state index is 12.6. The number of aryl methyl sites for hydroxylation is 1. The third-order valence-electron chi connectivity index (χ3n) is 14.6. The molecule has 558 valence electrons. The average molecular weight is 1410 g/mol. The first-order chi connectivity index (χ1) is 45.9. The highest BCUT2D eigenvalue weighted by molar-refractivity contribution is 5.75. The molecule has 1 aromatic rings. The molecule has 27 N–H and O–H groups in total. The largest absolute Gasteiger partial charge is 0.506 e. The first kappa shape index (κ1) is 83.0. The van der Waals surface area contributed by atoms with E-state index in [0.717, 1.165) is 4.68 Å². The summed E-state index contributed by atoms with van der Waals surface area (Å²) in [6.07, 6.45) is -49.0. The summed E-state index contributed by atoms with van der Waals surface area (Å²) in [7, 11) is 0. The number of aliphatic hydroxyl groups is 25. The molecule has 5 aliphatic heterocycles. The van der Waals surface area contributed by atoms with Crippen molar-refractivity contribution < 1.29 is 185 Å². The molecule has 0 saturated carbocycles. The standard InChI is InChI=1S/C55H91N5O37/c1-22(2)88-55(87)56-12-5-3-4-6-31(67)57-18-23-19-60(59-58-23)13-7-24-32(68)39(75)49(83)92-27(10-16-63)35(71)43(79)52(86)96-46-29(20-65)95-54(45(81)37(46)73)97-47-30(21-66)94-53(44(80)38(47)74)93-28(11-17-64)36(72)42(78)51(85)91-26(9-15-62)34(70)41(77)50(84)90-25(8-14-61)33(69)40(76)48(82)89-24/h19,22,24-30,37-38,44-54,61-66,68-86H,3-18,20-21H2,1-2H3,(H,56,87)(H,57,67)/b39-32-,40-33-,41-34-,42-36-,43-35-. The molecule has 2 saturated heterocycles. The van der Waals surface area contributed by atoms with Crippen molar-refractivity contribution in [3.05, 3.63) is 69.5 Å². The van der Waals surface area contributed by atoms with Gasteiger partial charge in [-0.1, -0.05) is 11.6 Å². The van der Waals surface area contributed by atoms with Crippen LogP contribution in [-0.4, -0.2) is 330 Å². The Balaban J connectivity index is 1.77. The van der Waals surface area contributed by atoms with Crippen LogP contribution >= 0.6 is 0 Å². The number of aliphatic hydroxyl groups excluding tert-OH is 25. The van der Waals surface area contributed by atoms with E-state index in [-0.39, 0.29) is 24.8 Å². The second-order valence-electron chi connectivity index (χ2n) is 22.1. The number of nitrogens with one attached hydrogen (secondary N) is 2. The number of ether oxygens (including phenoxy) is 10. The summed E-state index contributed by atoms with van der Waals surface area (Å²) in [5.74, 6) is -16.3. The van der Waals surface area contributed by atoms with E-state index in [0.29, 0.717) is 25.8 Å². The Morgan fingerprint density at radius 3 is 1.23 bits per heavy atom. The van der Waals surface area contributed by atoms with Crippen LogP contribution in [0.5, 0.6) is 0 Å². The van der Waals surface area contributed by atoms with Gasteiger partial charge < -0.3 is 186 Å². The molecule has 4 bridgehead atoms. The lowest BCUT2D eigenvalue weighted by Gasteiger charge is -2.47. The molecule has 2 fully saturated rings. The predicted octanol–water partition coefficient (Wildman–Crippen LogP) is -5.67. The highest BCUT2D eigenvalue weighted by Crippen LogP contribution is 2.34. The van der Waals surface area contributed by atoms with Gasteiger partial charge in [-0.15, -0.1) is 5.10 Å². The molecule has 2 amide bonds. The minimum Gasteiger partial charge on any atom is -0.506 e. The lowest BCUT2D eigenvalue weighted by atomic mass is 9.96. The van der Waals surface area contributed by atoms with Crippen LogP contribution in [0.25, 0.3) is 0 Å². The van der Waals surface area contributed by atoms with Crippen LogP contribution in [0.3, 0.4) is 0 Å². The normalized spacial score (nSPS) is 36.4. The van der Waals surface area contributed by atoms with Gasteiger partial charge in [-0.2, -0.15) is 0 Å². The molecule has 6 heterocycles. The summed E-state index contributed by atoms with van der Waals surface area (Å²) in [5, 5.41) is 284. The summed E-state index contributed by atoms with van der Waals surface area (Å²) < 4.78 is 54.4. The third-order valence-corrected chi connectivity index (χ3v) is 14.6. The lowest BCUT2D eigenvalue weighted by Crippen LogP contribution is -2.65. The van der Waals surface area contributed by atoms with Crippen LogP contribution in [-0.2, 0) is 65.3 Å². The lowest BCUT2D eigenvalue weighted by molar-refractivity contribution is -0.368. The number of fused-ring (bicyclic) bond motifs is 2. The number of amides is 2. The first-order valence-electron chi connectivity index (χ1n) is 30.3. The van der Waals surface area contributed by atoms with Gasteiger partial charge >= 0.3 is 6.09 Å². The average Bonchev–Trinajstić information content (AvgIpc) is 1.09. The number of rotatable bonds is 22. The van der Waals surface area contributed by atoms with Crippen LogP contribution in [0.2, 0.25) is 0 Å². The molecule has 0 aliphatic carbocycles. The van der Waals surface area contributed by atoms with Gasteiger partial charge in [0.05, 0.1) is 32.1 Å². The van der Waals surface area contributed by atoms with E-state index < -0.39 is 271 Å². The molecule has 6 rings (SSSR count). The van der Waals surface area contributed by atoms with Crippen molar-refractivity contribution in [2.45, 2.75) is 214 Å². The Bertz CT molecular complexity index is 2730. The summed E-state index contributed by atoms with van der Waals surface area (Å²) in [6.45, 7) is -3.22. The first-order valence-corrected chi connectivity index (χ1v) is 30.3. The SMILES string of the molecule is CC(C)OC(=O)NCCCCCC(=O)NCc1cn(CCC2OC(O)/C(O)=C(/O)C(CCO)OC(O)/C(O)=C(/O)C(CCO)OC(O)/C(O)=C(/O)C(CCO)OC3OC(CO)C(OC4OC(CO)C(OC(O)/C(O)=C(/O)C(CCO)OC(O)/C(O)=C\2O)C(O)C4O)C(O)C3O)nn1. The molecule has 97 heavy (non-hydrogen) atoms. The number of hydrogen-bond acceptors (Lipinski definition) is 39. The van der Waals surface area contributed by atoms with Crippen molar-refractivity contribution in [1.82, 2.24) is 25.6 Å². The van der Waals surface area contributed by atoms with E-state index in [1.165, 1.54) is 6.20 Å². The molecule has 5 aliphatic rings. The summed E-state index contributed by atoms with van der Waals surface area (Å²) in [5.41, 5.74) is 0.144. The molecule has 0 radical (unpaired) electrons. The number of hydrogen-bond donors (Lipinski definition) is 27. The van der Waals surface area contributed by atoms with E-state index in [1.807, 2.05) is 0 Å². The molecule has 0 spiro atoms. The molecular weight excluding hydrogens is 1320 g/mol. The summed E-state index contributed by atoms with van der Waals surface area (Å²) >= 11 is 0. The fourth-order valence-electron chi connectivity index (χ4n) is 9.44. The summed E-state index contributed by atoms with van der Waals surface area (Å²) in [6, 6.07) is 0. The van der Waals surface area contributed by atoms with E-state index in [2.05, 4.69) is 20.9 Å². The molecule has 42 heteroatoms. The molecular formula is C55H91N5O37. The topological polar surface area (TPSA) is 687 Å². The number of alkyl carbamates (subject to hydrolysis) is 1. The van der Waals surface area contributed by atoms with Gasteiger partial charge in [0.1, 0.15) is 85.0 Å². The van der Waals surface area contributed by atoms with Gasteiger partial charge in [-0.25, -0.2) is 4.79 Å². The van der Waals surface area contributed by atoms with Crippen LogP contribution < -0.4 is 10.6 Å². The highest BCUT2D eigenvalue weighted by atomic mass is 16.8. The van der Waals surface area contributed by atoms with Crippen molar-refractivity contribution in [1.29, 1.82) is 0 Å². The fourth-order valence-corrected chi connectivity index (χ4v) is 9.44. The Hall–Kier alpha value is -6.38. The Labute approximate surface area is 551 Å².